The Morgan fingerprint density at radius 3 is 2.50 bits per heavy atom. The molecule has 0 aromatic heterocycles. The zero-order chi connectivity index (χ0) is 9.19. The molecule has 1 saturated carbocycles. The fourth-order valence-corrected chi connectivity index (χ4v) is 2.52. The molecule has 2 atom stereocenters. The number of hydrogen-bond acceptors (Lipinski definition) is 3. The Morgan fingerprint density at radius 1 is 1.42 bits per heavy atom. The van der Waals surface area contributed by atoms with Gasteiger partial charge in [0.2, 0.25) is 0 Å². The molecule has 0 heterocycles. The van der Waals surface area contributed by atoms with Crippen LogP contribution in [0.1, 0.15) is 25.7 Å². The first kappa shape index (κ1) is 9.99. The van der Waals surface area contributed by atoms with Crippen molar-refractivity contribution >= 4 is 9.84 Å². The number of rotatable bonds is 3. The second-order valence-electron chi connectivity index (χ2n) is 3.86. The highest BCUT2D eigenvalue weighted by molar-refractivity contribution is 7.90. The summed E-state index contributed by atoms with van der Waals surface area (Å²) in [5.41, 5.74) is 5.72. The van der Waals surface area contributed by atoms with Gasteiger partial charge in [-0.2, -0.15) is 0 Å². The molecule has 0 bridgehead atoms. The molecule has 72 valence electrons. The highest BCUT2D eigenvalue weighted by Crippen LogP contribution is 2.26. The van der Waals surface area contributed by atoms with Crippen molar-refractivity contribution in [3.8, 4) is 0 Å². The van der Waals surface area contributed by atoms with Crippen LogP contribution in [-0.2, 0) is 9.84 Å². The van der Waals surface area contributed by atoms with Gasteiger partial charge in [0.1, 0.15) is 9.84 Å². The minimum Gasteiger partial charge on any atom is -0.328 e. The monoisotopic (exact) mass is 191 g/mol. The summed E-state index contributed by atoms with van der Waals surface area (Å²) in [6, 6.07) is 0.314. The van der Waals surface area contributed by atoms with Crippen LogP contribution in [-0.4, -0.2) is 26.5 Å². The maximum Gasteiger partial charge on any atom is 0.147 e. The summed E-state index contributed by atoms with van der Waals surface area (Å²) in [6.45, 7) is 0. The average molecular weight is 191 g/mol. The van der Waals surface area contributed by atoms with Gasteiger partial charge in [0.15, 0.2) is 0 Å². The molecule has 0 spiro atoms. The van der Waals surface area contributed by atoms with Crippen molar-refractivity contribution < 1.29 is 8.42 Å². The van der Waals surface area contributed by atoms with E-state index in [2.05, 4.69) is 0 Å². The Balaban J connectivity index is 2.25. The largest absolute Gasteiger partial charge is 0.328 e. The zero-order valence-corrected chi connectivity index (χ0v) is 8.31. The van der Waals surface area contributed by atoms with Crippen LogP contribution in [0, 0.1) is 5.92 Å². The van der Waals surface area contributed by atoms with Gasteiger partial charge in [-0.25, -0.2) is 8.42 Å². The minimum absolute atomic E-state index is 0.314. The molecule has 0 aromatic carbocycles. The van der Waals surface area contributed by atoms with Crippen LogP contribution in [0.5, 0.6) is 0 Å². The van der Waals surface area contributed by atoms with Crippen LogP contribution in [0.25, 0.3) is 0 Å². The maximum absolute atomic E-state index is 10.8. The fraction of sp³-hybridized carbons (Fsp3) is 1.00. The topological polar surface area (TPSA) is 60.2 Å². The van der Waals surface area contributed by atoms with E-state index in [9.17, 15) is 8.42 Å². The Bertz CT molecular complexity index is 235. The molecule has 0 aliphatic heterocycles. The molecule has 2 N–H and O–H groups in total. The van der Waals surface area contributed by atoms with Crippen LogP contribution in [0.2, 0.25) is 0 Å². The van der Waals surface area contributed by atoms with Crippen LogP contribution in [0.3, 0.4) is 0 Å². The van der Waals surface area contributed by atoms with Crippen molar-refractivity contribution in [2.75, 3.05) is 12.0 Å². The summed E-state index contributed by atoms with van der Waals surface area (Å²) < 4.78 is 21.7. The lowest BCUT2D eigenvalue weighted by molar-refractivity contribution is 0.514. The lowest BCUT2D eigenvalue weighted by Gasteiger charge is -2.07. The molecule has 1 aliphatic carbocycles. The smallest absolute Gasteiger partial charge is 0.147 e. The number of hydrogen-bond donors (Lipinski definition) is 1. The first-order valence-corrected chi connectivity index (χ1v) is 6.47. The van der Waals surface area contributed by atoms with Gasteiger partial charge in [-0.05, 0) is 31.6 Å². The van der Waals surface area contributed by atoms with Gasteiger partial charge >= 0.3 is 0 Å². The molecule has 3 nitrogen and oxygen atoms in total. The molecule has 1 fully saturated rings. The summed E-state index contributed by atoms with van der Waals surface area (Å²) in [4.78, 5) is 0. The normalized spacial score (nSPS) is 30.8. The SMILES string of the molecule is CS(=O)(=O)CCC1CCC(N)C1. The summed E-state index contributed by atoms with van der Waals surface area (Å²) >= 11 is 0. The van der Waals surface area contributed by atoms with Crippen molar-refractivity contribution in [1.29, 1.82) is 0 Å². The van der Waals surface area contributed by atoms with Gasteiger partial charge in [0.05, 0.1) is 5.75 Å². The minimum atomic E-state index is -2.77. The lowest BCUT2D eigenvalue weighted by Crippen LogP contribution is -2.15. The molecule has 12 heavy (non-hydrogen) atoms. The van der Waals surface area contributed by atoms with Crippen LogP contribution in [0.15, 0.2) is 0 Å². The Kier molecular flexibility index (Phi) is 3.12. The van der Waals surface area contributed by atoms with Gasteiger partial charge in [0.25, 0.3) is 0 Å². The van der Waals surface area contributed by atoms with Crippen molar-refractivity contribution in [3.05, 3.63) is 0 Å². The van der Waals surface area contributed by atoms with Crippen molar-refractivity contribution in [2.24, 2.45) is 11.7 Å². The van der Waals surface area contributed by atoms with E-state index in [1.165, 1.54) is 6.26 Å². The van der Waals surface area contributed by atoms with E-state index in [4.69, 9.17) is 5.73 Å². The predicted molar refractivity (Wildman–Crippen MR) is 49.6 cm³/mol. The van der Waals surface area contributed by atoms with Crippen LogP contribution < -0.4 is 5.73 Å². The molecular formula is C8H17NO2S. The first-order valence-electron chi connectivity index (χ1n) is 4.40. The molecule has 0 aromatic rings. The third kappa shape index (κ3) is 3.54. The Morgan fingerprint density at radius 2 is 2.08 bits per heavy atom. The van der Waals surface area contributed by atoms with Gasteiger partial charge in [-0.1, -0.05) is 0 Å². The number of nitrogens with two attached hydrogens (primary N) is 1. The quantitative estimate of drug-likeness (QED) is 0.708. The third-order valence-electron chi connectivity index (χ3n) is 2.48. The van der Waals surface area contributed by atoms with E-state index in [0.29, 0.717) is 17.7 Å². The van der Waals surface area contributed by atoms with E-state index in [0.717, 1.165) is 25.7 Å². The summed E-state index contributed by atoms with van der Waals surface area (Å²) in [5.74, 6) is 0.874. The summed E-state index contributed by atoms with van der Waals surface area (Å²) in [5, 5.41) is 0. The number of sulfone groups is 1. The molecular weight excluding hydrogens is 174 g/mol. The van der Waals surface area contributed by atoms with Crippen LogP contribution in [0.4, 0.5) is 0 Å². The van der Waals surface area contributed by atoms with E-state index in [-0.39, 0.29) is 0 Å². The van der Waals surface area contributed by atoms with Gasteiger partial charge in [0, 0.05) is 12.3 Å². The molecule has 1 rings (SSSR count). The average Bonchev–Trinajstić information content (AvgIpc) is 2.30. The lowest BCUT2D eigenvalue weighted by atomic mass is 10.1. The summed E-state index contributed by atoms with van der Waals surface area (Å²) in [6.07, 6.45) is 5.27. The molecule has 1 aliphatic rings. The van der Waals surface area contributed by atoms with E-state index in [1.807, 2.05) is 0 Å². The second kappa shape index (κ2) is 3.75. The van der Waals surface area contributed by atoms with Crippen molar-refractivity contribution in [1.82, 2.24) is 0 Å². The van der Waals surface area contributed by atoms with E-state index in [1.54, 1.807) is 0 Å². The van der Waals surface area contributed by atoms with Crippen molar-refractivity contribution in [2.45, 2.75) is 31.7 Å². The molecule has 4 heteroatoms. The molecule has 0 saturated heterocycles. The van der Waals surface area contributed by atoms with Gasteiger partial charge < -0.3 is 5.73 Å². The first-order chi connectivity index (χ1) is 5.47. The van der Waals surface area contributed by atoms with E-state index < -0.39 is 9.84 Å². The van der Waals surface area contributed by atoms with Crippen LogP contribution >= 0.6 is 0 Å². The van der Waals surface area contributed by atoms with Crippen molar-refractivity contribution in [3.63, 3.8) is 0 Å². The predicted octanol–water partition coefficient (Wildman–Crippen LogP) is 0.549. The van der Waals surface area contributed by atoms with E-state index >= 15 is 0 Å². The fourth-order valence-electron chi connectivity index (χ4n) is 1.76. The molecule has 0 radical (unpaired) electrons. The molecule has 2 unspecified atom stereocenters. The van der Waals surface area contributed by atoms with Gasteiger partial charge in [-0.3, -0.25) is 0 Å². The maximum atomic E-state index is 10.8. The zero-order valence-electron chi connectivity index (χ0n) is 7.49. The highest BCUT2D eigenvalue weighted by atomic mass is 32.2. The Labute approximate surface area is 74.3 Å². The highest BCUT2D eigenvalue weighted by Gasteiger charge is 2.22. The Hall–Kier alpha value is -0.0900. The standard InChI is InChI=1S/C8H17NO2S/c1-12(10,11)5-4-7-2-3-8(9)6-7/h7-8H,2-6,9H2,1H3. The second-order valence-corrected chi connectivity index (χ2v) is 6.12. The summed E-state index contributed by atoms with van der Waals surface area (Å²) in [7, 11) is -2.77. The molecule has 0 amide bonds. The van der Waals surface area contributed by atoms with Gasteiger partial charge in [-0.15, -0.1) is 0 Å². The third-order valence-corrected chi connectivity index (χ3v) is 3.46.